The number of rotatable bonds is 7. The lowest BCUT2D eigenvalue weighted by molar-refractivity contribution is -0.132. The van der Waals surface area contributed by atoms with Crippen LogP contribution >= 0.6 is 0 Å². The highest BCUT2D eigenvalue weighted by Gasteiger charge is 2.28. The first-order chi connectivity index (χ1) is 12.7. The molecule has 2 aliphatic heterocycles. The SMILES string of the molecule is CCCN(CCC)C(=O)CN1CCCC(c2nnc3n2CCCCC3)C1. The fraction of sp³-hybridized carbons (Fsp3) is 0.850. The monoisotopic (exact) mass is 361 g/mol. The Morgan fingerprint density at radius 2 is 1.88 bits per heavy atom. The molecule has 0 spiro atoms. The van der Waals surface area contributed by atoms with E-state index in [9.17, 15) is 4.79 Å². The largest absolute Gasteiger partial charge is 0.342 e. The second-order valence-electron chi connectivity index (χ2n) is 7.89. The molecule has 1 aromatic heterocycles. The summed E-state index contributed by atoms with van der Waals surface area (Å²) in [6.07, 6.45) is 9.17. The van der Waals surface area contributed by atoms with Gasteiger partial charge in [0.25, 0.3) is 0 Å². The number of amides is 1. The molecule has 0 saturated carbocycles. The third-order valence-corrected chi connectivity index (χ3v) is 5.71. The van der Waals surface area contributed by atoms with Gasteiger partial charge in [-0.25, -0.2) is 0 Å². The number of likely N-dealkylation sites (tertiary alicyclic amines) is 1. The maximum Gasteiger partial charge on any atom is 0.236 e. The van der Waals surface area contributed by atoms with Gasteiger partial charge in [0.05, 0.1) is 6.54 Å². The molecule has 1 aromatic rings. The molecule has 6 heteroatoms. The van der Waals surface area contributed by atoms with Crippen molar-refractivity contribution in [3.8, 4) is 0 Å². The van der Waals surface area contributed by atoms with Gasteiger partial charge in [-0.1, -0.05) is 20.3 Å². The van der Waals surface area contributed by atoms with Crippen molar-refractivity contribution in [3.05, 3.63) is 11.6 Å². The fourth-order valence-electron chi connectivity index (χ4n) is 4.41. The van der Waals surface area contributed by atoms with Crippen LogP contribution in [0.3, 0.4) is 0 Å². The number of nitrogens with zero attached hydrogens (tertiary/aromatic N) is 5. The summed E-state index contributed by atoms with van der Waals surface area (Å²) < 4.78 is 2.38. The van der Waals surface area contributed by atoms with E-state index >= 15 is 0 Å². The summed E-state index contributed by atoms with van der Waals surface area (Å²) in [5.74, 6) is 3.04. The number of aromatic nitrogens is 3. The summed E-state index contributed by atoms with van der Waals surface area (Å²) in [6, 6.07) is 0. The van der Waals surface area contributed by atoms with Crippen LogP contribution < -0.4 is 0 Å². The van der Waals surface area contributed by atoms with Crippen LogP contribution in [-0.4, -0.2) is 63.2 Å². The first-order valence-electron chi connectivity index (χ1n) is 10.6. The number of hydrogen-bond acceptors (Lipinski definition) is 4. The van der Waals surface area contributed by atoms with Crippen LogP contribution in [0.5, 0.6) is 0 Å². The lowest BCUT2D eigenvalue weighted by Gasteiger charge is -2.33. The van der Waals surface area contributed by atoms with Crippen molar-refractivity contribution in [1.29, 1.82) is 0 Å². The Balaban J connectivity index is 1.62. The average Bonchev–Trinajstić information content (AvgIpc) is 2.90. The summed E-state index contributed by atoms with van der Waals surface area (Å²) in [5, 5.41) is 9.04. The minimum Gasteiger partial charge on any atom is -0.342 e. The Kier molecular flexibility index (Phi) is 7.06. The average molecular weight is 362 g/mol. The van der Waals surface area contributed by atoms with Crippen LogP contribution in [0.2, 0.25) is 0 Å². The lowest BCUT2D eigenvalue weighted by Crippen LogP contribution is -2.44. The van der Waals surface area contributed by atoms with E-state index in [0.29, 0.717) is 12.5 Å². The minimum absolute atomic E-state index is 0.287. The van der Waals surface area contributed by atoms with Gasteiger partial charge in [0, 0.05) is 38.5 Å². The van der Waals surface area contributed by atoms with Crippen molar-refractivity contribution in [2.45, 2.75) is 77.7 Å². The zero-order valence-corrected chi connectivity index (χ0v) is 16.6. The standard InChI is InChI=1S/C20H35N5O/c1-3-11-24(12-4-2)19(26)16-23-13-8-9-17(15-23)20-22-21-18-10-6-5-7-14-25(18)20/h17H,3-16H2,1-2H3. The van der Waals surface area contributed by atoms with Crippen molar-refractivity contribution in [3.63, 3.8) is 0 Å². The van der Waals surface area contributed by atoms with Crippen LogP contribution in [-0.2, 0) is 17.8 Å². The van der Waals surface area contributed by atoms with Gasteiger partial charge in [-0.3, -0.25) is 9.69 Å². The van der Waals surface area contributed by atoms with Crippen LogP contribution in [0.1, 0.15) is 76.4 Å². The van der Waals surface area contributed by atoms with Crippen molar-refractivity contribution < 1.29 is 4.79 Å². The summed E-state index contributed by atoms with van der Waals surface area (Å²) in [7, 11) is 0. The Hall–Kier alpha value is -1.43. The Labute approximate surface area is 157 Å². The normalized spacial score (nSPS) is 21.2. The molecule has 0 bridgehead atoms. The van der Waals surface area contributed by atoms with Crippen molar-refractivity contribution in [2.75, 3.05) is 32.7 Å². The number of hydrogen-bond donors (Lipinski definition) is 0. The van der Waals surface area contributed by atoms with Crippen molar-refractivity contribution >= 4 is 5.91 Å². The molecule has 1 unspecified atom stereocenters. The fourth-order valence-corrected chi connectivity index (χ4v) is 4.41. The van der Waals surface area contributed by atoms with Gasteiger partial charge in [-0.15, -0.1) is 10.2 Å². The molecule has 1 fully saturated rings. The molecule has 2 aliphatic rings. The third kappa shape index (κ3) is 4.64. The molecule has 6 nitrogen and oxygen atoms in total. The zero-order chi connectivity index (χ0) is 18.4. The van der Waals surface area contributed by atoms with E-state index in [0.717, 1.165) is 70.7 Å². The summed E-state index contributed by atoms with van der Waals surface area (Å²) >= 11 is 0. The van der Waals surface area contributed by atoms with Gasteiger partial charge in [0.15, 0.2) is 0 Å². The van der Waals surface area contributed by atoms with Gasteiger partial charge < -0.3 is 9.47 Å². The first-order valence-corrected chi connectivity index (χ1v) is 10.6. The number of fused-ring (bicyclic) bond motifs is 1. The van der Waals surface area contributed by atoms with E-state index in [1.165, 1.54) is 25.1 Å². The molecule has 3 rings (SSSR count). The van der Waals surface area contributed by atoms with E-state index in [2.05, 4.69) is 33.5 Å². The summed E-state index contributed by atoms with van der Waals surface area (Å²) in [5.41, 5.74) is 0. The predicted molar refractivity (Wildman–Crippen MR) is 103 cm³/mol. The molecule has 0 aliphatic carbocycles. The third-order valence-electron chi connectivity index (χ3n) is 5.71. The zero-order valence-electron chi connectivity index (χ0n) is 16.6. The van der Waals surface area contributed by atoms with Crippen LogP contribution in [0.25, 0.3) is 0 Å². The van der Waals surface area contributed by atoms with E-state index in [1.807, 2.05) is 4.90 Å². The lowest BCUT2D eigenvalue weighted by atomic mass is 9.97. The Morgan fingerprint density at radius 1 is 1.08 bits per heavy atom. The highest BCUT2D eigenvalue weighted by Crippen LogP contribution is 2.28. The topological polar surface area (TPSA) is 54.3 Å². The Morgan fingerprint density at radius 3 is 2.65 bits per heavy atom. The first kappa shape index (κ1) is 19.3. The maximum absolute atomic E-state index is 12.7. The molecule has 26 heavy (non-hydrogen) atoms. The Bertz CT molecular complexity index is 579. The second-order valence-corrected chi connectivity index (χ2v) is 7.89. The van der Waals surface area contributed by atoms with Gasteiger partial charge in [0.1, 0.15) is 11.6 Å². The van der Waals surface area contributed by atoms with Gasteiger partial charge in [-0.2, -0.15) is 0 Å². The molecule has 1 amide bonds. The summed E-state index contributed by atoms with van der Waals surface area (Å²) in [6.45, 7) is 9.62. The van der Waals surface area contributed by atoms with E-state index in [-0.39, 0.29) is 5.91 Å². The molecule has 146 valence electrons. The molecular weight excluding hydrogens is 326 g/mol. The minimum atomic E-state index is 0.287. The maximum atomic E-state index is 12.7. The number of piperidine rings is 1. The van der Waals surface area contributed by atoms with Crippen LogP contribution in [0, 0.1) is 0 Å². The van der Waals surface area contributed by atoms with E-state index < -0.39 is 0 Å². The van der Waals surface area contributed by atoms with Gasteiger partial charge in [-0.05, 0) is 45.1 Å². The molecule has 0 radical (unpaired) electrons. The molecule has 1 saturated heterocycles. The highest BCUT2D eigenvalue weighted by molar-refractivity contribution is 5.78. The molecule has 0 N–H and O–H groups in total. The van der Waals surface area contributed by atoms with Crippen molar-refractivity contribution in [2.24, 2.45) is 0 Å². The quantitative estimate of drug-likeness (QED) is 0.749. The van der Waals surface area contributed by atoms with Crippen LogP contribution in [0.4, 0.5) is 0 Å². The van der Waals surface area contributed by atoms with Crippen molar-refractivity contribution in [1.82, 2.24) is 24.6 Å². The number of carbonyl (C=O) groups excluding carboxylic acids is 1. The van der Waals surface area contributed by atoms with Gasteiger partial charge >= 0.3 is 0 Å². The molecule has 0 aromatic carbocycles. The number of aryl methyl sites for hydroxylation is 1. The molecular formula is C20H35N5O. The predicted octanol–water partition coefficient (Wildman–Crippen LogP) is 2.83. The molecule has 3 heterocycles. The smallest absolute Gasteiger partial charge is 0.236 e. The van der Waals surface area contributed by atoms with E-state index in [1.54, 1.807) is 0 Å². The summed E-state index contributed by atoms with van der Waals surface area (Å²) in [4.78, 5) is 17.1. The van der Waals surface area contributed by atoms with Gasteiger partial charge in [0.2, 0.25) is 5.91 Å². The van der Waals surface area contributed by atoms with Crippen LogP contribution in [0.15, 0.2) is 0 Å². The number of carbonyl (C=O) groups is 1. The van der Waals surface area contributed by atoms with E-state index in [4.69, 9.17) is 0 Å². The highest BCUT2D eigenvalue weighted by atomic mass is 16.2. The second kappa shape index (κ2) is 9.49. The molecule has 1 atom stereocenters.